The van der Waals surface area contributed by atoms with Crippen molar-refractivity contribution in [3.05, 3.63) is 71.3 Å². The summed E-state index contributed by atoms with van der Waals surface area (Å²) in [6.07, 6.45) is 2.63. The van der Waals surface area contributed by atoms with Gasteiger partial charge in [0, 0.05) is 24.5 Å². The van der Waals surface area contributed by atoms with E-state index in [1.54, 1.807) is 12.3 Å². The summed E-state index contributed by atoms with van der Waals surface area (Å²) in [7, 11) is 0. The van der Waals surface area contributed by atoms with Gasteiger partial charge in [0.2, 0.25) is 0 Å². The molecule has 2 heterocycles. The second-order valence-electron chi connectivity index (χ2n) is 5.31. The molecule has 2 aromatic rings. The van der Waals surface area contributed by atoms with Crippen molar-refractivity contribution in [1.82, 2.24) is 4.98 Å². The average Bonchev–Trinajstić information content (AvgIpc) is 2.82. The Morgan fingerprint density at radius 1 is 1.26 bits per heavy atom. The van der Waals surface area contributed by atoms with E-state index < -0.39 is 12.1 Å². The van der Waals surface area contributed by atoms with E-state index in [0.717, 1.165) is 11.3 Å². The minimum atomic E-state index is -0.711. The van der Waals surface area contributed by atoms with Crippen molar-refractivity contribution in [2.45, 2.75) is 19.4 Å². The zero-order valence-electron chi connectivity index (χ0n) is 12.6. The zero-order valence-corrected chi connectivity index (χ0v) is 12.6. The maximum absolute atomic E-state index is 11.9. The quantitative estimate of drug-likeness (QED) is 0.696. The number of nitrogens with zero attached hydrogens (tertiary/aromatic N) is 2. The van der Waals surface area contributed by atoms with E-state index in [4.69, 9.17) is 4.74 Å². The third-order valence-corrected chi connectivity index (χ3v) is 3.55. The first-order chi connectivity index (χ1) is 11.1. The number of aliphatic imine (C=N–C) groups is 1. The molecule has 1 aromatic heterocycles. The van der Waals surface area contributed by atoms with Crippen molar-refractivity contribution in [1.29, 1.82) is 0 Å². The molecule has 0 spiro atoms. The second kappa shape index (κ2) is 6.44. The molecule has 1 aromatic carbocycles. The number of benzene rings is 1. The summed E-state index contributed by atoms with van der Waals surface area (Å²) >= 11 is 0. The van der Waals surface area contributed by atoms with Crippen LogP contribution in [0.15, 0.2) is 65.0 Å². The molecule has 3 rings (SSSR count). The number of esters is 1. The summed E-state index contributed by atoms with van der Waals surface area (Å²) < 4.78 is 5.20. The van der Waals surface area contributed by atoms with E-state index in [0.29, 0.717) is 12.1 Å². The first-order valence-corrected chi connectivity index (χ1v) is 7.28. The lowest BCUT2D eigenvalue weighted by Crippen LogP contribution is -2.15. The molecular formula is C18H16N2O3. The van der Waals surface area contributed by atoms with Gasteiger partial charge in [0.25, 0.3) is 0 Å². The van der Waals surface area contributed by atoms with Crippen LogP contribution in [0.2, 0.25) is 0 Å². The van der Waals surface area contributed by atoms with E-state index in [2.05, 4.69) is 9.98 Å². The second-order valence-corrected chi connectivity index (χ2v) is 5.31. The number of hydrogen-bond acceptors (Lipinski definition) is 5. The summed E-state index contributed by atoms with van der Waals surface area (Å²) in [4.78, 5) is 20.3. The number of cyclic esters (lactones) is 1. The van der Waals surface area contributed by atoms with Gasteiger partial charge in [0.1, 0.15) is 11.3 Å². The lowest BCUT2D eigenvalue weighted by Gasteiger charge is -2.08. The van der Waals surface area contributed by atoms with E-state index >= 15 is 0 Å². The van der Waals surface area contributed by atoms with Crippen molar-refractivity contribution in [3.8, 4) is 0 Å². The van der Waals surface area contributed by atoms with Gasteiger partial charge in [-0.3, -0.25) is 9.98 Å². The molecule has 1 unspecified atom stereocenters. The average molecular weight is 308 g/mol. The van der Waals surface area contributed by atoms with Crippen LogP contribution in [0.3, 0.4) is 0 Å². The van der Waals surface area contributed by atoms with Crippen LogP contribution in [0.4, 0.5) is 5.69 Å². The number of carbonyl (C=O) groups is 1. The first-order valence-electron chi connectivity index (χ1n) is 7.28. The maximum atomic E-state index is 11.9. The highest BCUT2D eigenvalue weighted by Crippen LogP contribution is 2.23. The van der Waals surface area contributed by atoms with Gasteiger partial charge in [0.15, 0.2) is 6.10 Å². The number of carbonyl (C=O) groups excluding carboxylic acids is 1. The third kappa shape index (κ3) is 3.45. The number of aliphatic hydroxyl groups is 1. The van der Waals surface area contributed by atoms with Gasteiger partial charge in [-0.25, -0.2) is 4.79 Å². The summed E-state index contributed by atoms with van der Waals surface area (Å²) in [5.41, 5.74) is 2.67. The Morgan fingerprint density at radius 2 is 2.04 bits per heavy atom. The highest BCUT2D eigenvalue weighted by molar-refractivity contribution is 6.12. The molecule has 0 amide bonds. The minimum Gasteiger partial charge on any atom is -0.507 e. The molecular weight excluding hydrogens is 292 g/mol. The normalized spacial score (nSPS) is 17.8. The van der Waals surface area contributed by atoms with Crippen LogP contribution >= 0.6 is 0 Å². The van der Waals surface area contributed by atoms with Crippen LogP contribution in [0.25, 0.3) is 0 Å². The van der Waals surface area contributed by atoms with Crippen LogP contribution in [0.5, 0.6) is 0 Å². The van der Waals surface area contributed by atoms with Crippen LogP contribution in [-0.4, -0.2) is 28.4 Å². The van der Waals surface area contributed by atoms with Gasteiger partial charge in [-0.1, -0.05) is 23.8 Å². The summed E-state index contributed by atoms with van der Waals surface area (Å²) in [5.74, 6) is -0.671. The number of hydrogen-bond donors (Lipinski definition) is 1. The Labute approximate surface area is 134 Å². The fourth-order valence-electron chi connectivity index (χ4n) is 2.26. The molecule has 0 saturated carbocycles. The molecule has 0 radical (unpaired) electrons. The molecule has 5 heteroatoms. The van der Waals surface area contributed by atoms with Crippen molar-refractivity contribution < 1.29 is 14.6 Å². The van der Waals surface area contributed by atoms with Gasteiger partial charge in [0.05, 0.1) is 5.69 Å². The molecule has 0 saturated heterocycles. The van der Waals surface area contributed by atoms with Crippen LogP contribution < -0.4 is 0 Å². The van der Waals surface area contributed by atoms with Crippen LogP contribution in [0, 0.1) is 6.92 Å². The van der Waals surface area contributed by atoms with Gasteiger partial charge in [-0.15, -0.1) is 0 Å². The smallest absolute Gasteiger partial charge is 0.344 e. The van der Waals surface area contributed by atoms with Gasteiger partial charge >= 0.3 is 5.97 Å². The fraction of sp³-hybridized carbons (Fsp3) is 0.167. The number of rotatable bonds is 4. The molecule has 23 heavy (non-hydrogen) atoms. The molecule has 1 N–H and O–H groups in total. The molecule has 1 aliphatic heterocycles. The lowest BCUT2D eigenvalue weighted by atomic mass is 10.1. The molecule has 1 aliphatic rings. The van der Waals surface area contributed by atoms with E-state index in [1.165, 1.54) is 6.21 Å². The molecule has 116 valence electrons. The highest BCUT2D eigenvalue weighted by Gasteiger charge is 2.33. The summed E-state index contributed by atoms with van der Waals surface area (Å²) in [5, 5.41) is 10.2. The molecule has 0 bridgehead atoms. The predicted octanol–water partition coefficient (Wildman–Crippen LogP) is 3.07. The first kappa shape index (κ1) is 15.0. The largest absolute Gasteiger partial charge is 0.507 e. The number of aryl methyl sites for hydroxylation is 1. The highest BCUT2D eigenvalue weighted by atomic mass is 16.6. The van der Waals surface area contributed by atoms with Crippen LogP contribution in [-0.2, 0) is 16.0 Å². The van der Waals surface area contributed by atoms with Crippen molar-refractivity contribution in [3.63, 3.8) is 0 Å². The Morgan fingerprint density at radius 3 is 2.74 bits per heavy atom. The van der Waals surface area contributed by atoms with E-state index in [-0.39, 0.29) is 11.3 Å². The van der Waals surface area contributed by atoms with Gasteiger partial charge in [-0.05, 0) is 31.2 Å². The standard InChI is InChI=1S/C18H16N2O3/c1-12-5-7-13(8-6-12)20-11-15-17(21)16(23-18(15)22)10-14-4-2-3-9-19-14/h2-9,11,16,21H,10H2,1H3. The van der Waals surface area contributed by atoms with E-state index in [9.17, 15) is 9.90 Å². The predicted molar refractivity (Wildman–Crippen MR) is 86.8 cm³/mol. The monoisotopic (exact) mass is 308 g/mol. The Kier molecular flexibility index (Phi) is 4.19. The number of pyridine rings is 1. The van der Waals surface area contributed by atoms with Crippen molar-refractivity contribution in [2.24, 2.45) is 4.99 Å². The fourth-order valence-corrected chi connectivity index (χ4v) is 2.26. The van der Waals surface area contributed by atoms with Crippen LogP contribution in [0.1, 0.15) is 11.3 Å². The lowest BCUT2D eigenvalue weighted by molar-refractivity contribution is -0.139. The third-order valence-electron chi connectivity index (χ3n) is 3.55. The Bertz CT molecular complexity index is 765. The van der Waals surface area contributed by atoms with Crippen molar-refractivity contribution >= 4 is 17.9 Å². The molecule has 1 atom stereocenters. The minimum absolute atomic E-state index is 0.0894. The number of aliphatic hydroxyl groups excluding tert-OH is 1. The SMILES string of the molecule is Cc1ccc(N=CC2=C(O)C(Cc3ccccn3)OC2=O)cc1. The topological polar surface area (TPSA) is 71.8 Å². The Hall–Kier alpha value is -2.95. The maximum Gasteiger partial charge on any atom is 0.344 e. The Balaban J connectivity index is 1.77. The summed E-state index contributed by atoms with van der Waals surface area (Å²) in [6.45, 7) is 1.98. The zero-order chi connectivity index (χ0) is 16.2. The molecule has 0 aliphatic carbocycles. The molecule has 0 fully saturated rings. The molecule has 5 nitrogen and oxygen atoms in total. The number of aromatic nitrogens is 1. The van der Waals surface area contributed by atoms with E-state index in [1.807, 2.05) is 43.3 Å². The summed E-state index contributed by atoms with van der Waals surface area (Å²) in [6, 6.07) is 13.0. The van der Waals surface area contributed by atoms with Crippen molar-refractivity contribution in [2.75, 3.05) is 0 Å². The van der Waals surface area contributed by atoms with Gasteiger partial charge in [-0.2, -0.15) is 0 Å². The van der Waals surface area contributed by atoms with Gasteiger partial charge < -0.3 is 9.84 Å². The number of ether oxygens (including phenoxy) is 1.